The van der Waals surface area contributed by atoms with Gasteiger partial charge in [0.25, 0.3) is 0 Å². The van der Waals surface area contributed by atoms with Crippen molar-refractivity contribution in [2.45, 2.75) is 64.3 Å². The number of rotatable bonds is 2. The van der Waals surface area contributed by atoms with Crippen LogP contribution >= 0.6 is 0 Å². The molecule has 94 valence electrons. The predicted molar refractivity (Wildman–Crippen MR) is 66.1 cm³/mol. The van der Waals surface area contributed by atoms with Crippen molar-refractivity contribution in [1.29, 1.82) is 5.26 Å². The normalized spacial score (nSPS) is 29.8. The van der Waals surface area contributed by atoms with E-state index in [1.807, 2.05) is 0 Å². The monoisotopic (exact) mass is 234 g/mol. The zero-order valence-corrected chi connectivity index (χ0v) is 10.9. The molecule has 0 radical (unpaired) electrons. The van der Waals surface area contributed by atoms with E-state index in [4.69, 9.17) is 0 Å². The van der Waals surface area contributed by atoms with Crippen LogP contribution in [-0.2, 0) is 4.79 Å². The van der Waals surface area contributed by atoms with Crippen molar-refractivity contribution in [2.24, 2.45) is 11.3 Å². The molecule has 3 heteroatoms. The van der Waals surface area contributed by atoms with Crippen LogP contribution in [-0.4, -0.2) is 11.4 Å². The maximum atomic E-state index is 12.3. The quantitative estimate of drug-likeness (QED) is 0.798. The first-order valence-corrected chi connectivity index (χ1v) is 6.72. The maximum Gasteiger partial charge on any atom is 0.224 e. The molecule has 0 bridgehead atoms. The molecule has 0 spiro atoms. The summed E-state index contributed by atoms with van der Waals surface area (Å²) in [5.41, 5.74) is -0.463. The van der Waals surface area contributed by atoms with Crippen LogP contribution in [0.4, 0.5) is 0 Å². The van der Waals surface area contributed by atoms with E-state index < -0.39 is 5.54 Å². The minimum Gasteiger partial charge on any atom is -0.338 e. The standard InChI is InChI=1S/C14H22N2O/c1-13(2)7-5-6-11(13)12(17)16-14(10-15)8-3-4-9-14/h11H,3-9H2,1-2H3,(H,16,17). The van der Waals surface area contributed by atoms with Gasteiger partial charge in [0, 0.05) is 5.92 Å². The summed E-state index contributed by atoms with van der Waals surface area (Å²) in [5, 5.41) is 12.3. The molecule has 1 atom stereocenters. The fourth-order valence-electron chi connectivity index (χ4n) is 3.38. The SMILES string of the molecule is CC1(C)CCCC1C(=O)NC1(C#N)CCCC1. The fraction of sp³-hybridized carbons (Fsp3) is 0.857. The summed E-state index contributed by atoms with van der Waals surface area (Å²) >= 11 is 0. The molecule has 0 aromatic rings. The molecule has 1 unspecified atom stereocenters. The van der Waals surface area contributed by atoms with E-state index >= 15 is 0 Å². The number of hydrogen-bond donors (Lipinski definition) is 1. The van der Waals surface area contributed by atoms with Gasteiger partial charge >= 0.3 is 0 Å². The molecule has 2 fully saturated rings. The molecule has 0 saturated heterocycles. The number of carbonyl (C=O) groups is 1. The molecule has 0 aromatic heterocycles. The highest BCUT2D eigenvalue weighted by atomic mass is 16.2. The van der Waals surface area contributed by atoms with Gasteiger partial charge in [-0.2, -0.15) is 5.26 Å². The Hall–Kier alpha value is -1.04. The number of carbonyl (C=O) groups excluding carboxylic acids is 1. The average Bonchev–Trinajstić information content (AvgIpc) is 2.85. The van der Waals surface area contributed by atoms with Crippen LogP contribution in [0.3, 0.4) is 0 Å². The van der Waals surface area contributed by atoms with Crippen molar-refractivity contribution in [1.82, 2.24) is 5.32 Å². The molecule has 1 amide bonds. The Morgan fingerprint density at radius 1 is 1.24 bits per heavy atom. The van der Waals surface area contributed by atoms with Gasteiger partial charge in [-0.25, -0.2) is 0 Å². The Labute approximate surface area is 104 Å². The van der Waals surface area contributed by atoms with Gasteiger partial charge in [0.1, 0.15) is 5.54 Å². The molecule has 1 N–H and O–H groups in total. The Balaban J connectivity index is 2.04. The van der Waals surface area contributed by atoms with Crippen LogP contribution < -0.4 is 5.32 Å². The minimum absolute atomic E-state index is 0.0910. The van der Waals surface area contributed by atoms with Gasteiger partial charge in [0.2, 0.25) is 5.91 Å². The van der Waals surface area contributed by atoms with Crippen LogP contribution in [0, 0.1) is 22.7 Å². The number of hydrogen-bond acceptors (Lipinski definition) is 2. The third-order valence-electron chi connectivity index (χ3n) is 4.61. The molecular formula is C14H22N2O. The molecule has 2 saturated carbocycles. The summed E-state index contributed by atoms with van der Waals surface area (Å²) in [4.78, 5) is 12.3. The van der Waals surface area contributed by atoms with Crippen molar-refractivity contribution < 1.29 is 4.79 Å². The van der Waals surface area contributed by atoms with Gasteiger partial charge in [0.15, 0.2) is 0 Å². The Kier molecular flexibility index (Phi) is 3.16. The highest BCUT2D eigenvalue weighted by Crippen LogP contribution is 2.43. The average molecular weight is 234 g/mol. The van der Waals surface area contributed by atoms with Crippen LogP contribution in [0.2, 0.25) is 0 Å². The van der Waals surface area contributed by atoms with Gasteiger partial charge in [-0.15, -0.1) is 0 Å². The molecule has 2 rings (SSSR count). The Bertz CT molecular complexity index is 348. The van der Waals surface area contributed by atoms with Crippen LogP contribution in [0.5, 0.6) is 0 Å². The third-order valence-corrected chi connectivity index (χ3v) is 4.61. The smallest absolute Gasteiger partial charge is 0.224 e. The van der Waals surface area contributed by atoms with Gasteiger partial charge in [0.05, 0.1) is 6.07 Å². The molecule has 0 heterocycles. The van der Waals surface area contributed by atoms with E-state index in [1.165, 1.54) is 0 Å². The van der Waals surface area contributed by atoms with Crippen LogP contribution in [0.25, 0.3) is 0 Å². The summed E-state index contributed by atoms with van der Waals surface area (Å²) < 4.78 is 0. The topological polar surface area (TPSA) is 52.9 Å². The minimum atomic E-state index is -0.560. The maximum absolute atomic E-state index is 12.3. The lowest BCUT2D eigenvalue weighted by molar-refractivity contribution is -0.129. The summed E-state index contributed by atoms with van der Waals surface area (Å²) in [6.07, 6.45) is 6.98. The van der Waals surface area contributed by atoms with Crippen LogP contribution in [0.1, 0.15) is 58.8 Å². The van der Waals surface area contributed by atoms with E-state index in [0.29, 0.717) is 0 Å². The Morgan fingerprint density at radius 2 is 1.88 bits per heavy atom. The van der Waals surface area contributed by atoms with E-state index in [9.17, 15) is 10.1 Å². The molecule has 2 aliphatic rings. The van der Waals surface area contributed by atoms with E-state index in [1.54, 1.807) is 0 Å². The summed E-state index contributed by atoms with van der Waals surface area (Å²) in [7, 11) is 0. The summed E-state index contributed by atoms with van der Waals surface area (Å²) in [5.74, 6) is 0.198. The second-order valence-corrected chi connectivity index (χ2v) is 6.32. The predicted octanol–water partition coefficient (Wildman–Crippen LogP) is 2.77. The highest BCUT2D eigenvalue weighted by Gasteiger charge is 2.43. The van der Waals surface area contributed by atoms with Crippen molar-refractivity contribution in [3.63, 3.8) is 0 Å². The van der Waals surface area contributed by atoms with Gasteiger partial charge in [-0.05, 0) is 43.9 Å². The van der Waals surface area contributed by atoms with Gasteiger partial charge in [-0.1, -0.05) is 20.3 Å². The molecule has 0 aliphatic heterocycles. The van der Waals surface area contributed by atoms with Crippen LogP contribution in [0.15, 0.2) is 0 Å². The number of amides is 1. The first-order chi connectivity index (χ1) is 7.99. The summed E-state index contributed by atoms with van der Waals surface area (Å²) in [6.45, 7) is 4.33. The summed E-state index contributed by atoms with van der Waals surface area (Å²) in [6, 6.07) is 2.33. The molecule has 0 aromatic carbocycles. The lowest BCUT2D eigenvalue weighted by Crippen LogP contribution is -2.49. The van der Waals surface area contributed by atoms with E-state index in [2.05, 4.69) is 25.2 Å². The number of nitriles is 1. The molecule has 3 nitrogen and oxygen atoms in total. The number of nitrogens with one attached hydrogen (secondary N) is 1. The van der Waals surface area contributed by atoms with Crippen molar-refractivity contribution in [3.8, 4) is 6.07 Å². The lowest BCUT2D eigenvalue weighted by Gasteiger charge is -2.30. The zero-order valence-electron chi connectivity index (χ0n) is 10.9. The largest absolute Gasteiger partial charge is 0.338 e. The molecule has 17 heavy (non-hydrogen) atoms. The van der Waals surface area contributed by atoms with Crippen molar-refractivity contribution >= 4 is 5.91 Å². The fourth-order valence-corrected chi connectivity index (χ4v) is 3.38. The highest BCUT2D eigenvalue weighted by molar-refractivity contribution is 5.81. The van der Waals surface area contributed by atoms with Crippen molar-refractivity contribution in [2.75, 3.05) is 0 Å². The lowest BCUT2D eigenvalue weighted by atomic mass is 9.81. The van der Waals surface area contributed by atoms with Crippen molar-refractivity contribution in [3.05, 3.63) is 0 Å². The van der Waals surface area contributed by atoms with Gasteiger partial charge < -0.3 is 5.32 Å². The van der Waals surface area contributed by atoms with E-state index in [0.717, 1.165) is 44.9 Å². The Morgan fingerprint density at radius 3 is 2.35 bits per heavy atom. The van der Waals surface area contributed by atoms with Gasteiger partial charge in [-0.3, -0.25) is 4.79 Å². The second kappa shape index (κ2) is 4.33. The first kappa shape index (κ1) is 12.4. The van der Waals surface area contributed by atoms with E-state index in [-0.39, 0.29) is 17.2 Å². The first-order valence-electron chi connectivity index (χ1n) is 6.72. The third kappa shape index (κ3) is 2.31. The molecule has 2 aliphatic carbocycles. The molecular weight excluding hydrogens is 212 g/mol. The second-order valence-electron chi connectivity index (χ2n) is 6.32. The zero-order chi connectivity index (χ0) is 12.5. The number of nitrogens with zero attached hydrogens (tertiary/aromatic N) is 1.